The Labute approximate surface area is 168 Å². The molecule has 2 amide bonds. The second-order valence-electron chi connectivity index (χ2n) is 7.81. The first-order valence-electron chi connectivity index (χ1n) is 9.15. The zero-order valence-electron chi connectivity index (χ0n) is 16.1. The molecule has 0 bridgehead atoms. The van der Waals surface area contributed by atoms with Gasteiger partial charge in [0.1, 0.15) is 5.76 Å². The van der Waals surface area contributed by atoms with Gasteiger partial charge in [-0.15, -0.1) is 0 Å². The molecule has 28 heavy (non-hydrogen) atoms. The molecule has 1 aliphatic carbocycles. The lowest BCUT2D eigenvalue weighted by Gasteiger charge is -2.27. The van der Waals surface area contributed by atoms with Crippen LogP contribution in [0, 0.1) is 12.3 Å². The number of hydrogen-bond donors (Lipinski definition) is 2. The molecule has 2 N–H and O–H groups in total. The minimum absolute atomic E-state index is 0.0155. The highest BCUT2D eigenvalue weighted by Gasteiger charge is 2.36. The fourth-order valence-electron chi connectivity index (χ4n) is 3.44. The molecule has 0 aliphatic heterocycles. The van der Waals surface area contributed by atoms with Crippen LogP contribution in [0.5, 0.6) is 0 Å². The Balaban J connectivity index is 1.57. The summed E-state index contributed by atoms with van der Waals surface area (Å²) in [6.07, 6.45) is 1.07. The van der Waals surface area contributed by atoms with Gasteiger partial charge in [0.05, 0.1) is 5.56 Å². The lowest BCUT2D eigenvalue weighted by Crippen LogP contribution is -2.34. The fourth-order valence-corrected chi connectivity index (χ4v) is 3.56. The highest BCUT2D eigenvalue weighted by atomic mass is 35.5. The molecule has 0 spiro atoms. The third kappa shape index (κ3) is 4.28. The van der Waals surface area contributed by atoms with E-state index in [0.717, 1.165) is 0 Å². The van der Waals surface area contributed by atoms with E-state index in [0.29, 0.717) is 40.3 Å². The Morgan fingerprint density at radius 3 is 2.32 bits per heavy atom. The SMILES string of the molecule is Cc1c(C(=O)NCCNC(=O)c2ccc(Cl)cc2)oc2c1C(=O)CC(C)(C)C2. The van der Waals surface area contributed by atoms with Gasteiger partial charge in [0, 0.05) is 42.1 Å². The van der Waals surface area contributed by atoms with Gasteiger partial charge in [-0.1, -0.05) is 25.4 Å². The number of nitrogens with one attached hydrogen (secondary N) is 2. The van der Waals surface area contributed by atoms with Crippen molar-refractivity contribution in [2.75, 3.05) is 13.1 Å². The van der Waals surface area contributed by atoms with Crippen molar-refractivity contribution in [1.82, 2.24) is 10.6 Å². The van der Waals surface area contributed by atoms with Crippen molar-refractivity contribution in [3.63, 3.8) is 0 Å². The van der Waals surface area contributed by atoms with Gasteiger partial charge >= 0.3 is 0 Å². The summed E-state index contributed by atoms with van der Waals surface area (Å²) in [6.45, 7) is 6.25. The molecule has 7 heteroatoms. The number of fused-ring (bicyclic) bond motifs is 1. The third-order valence-electron chi connectivity index (χ3n) is 4.79. The molecule has 0 fully saturated rings. The Morgan fingerprint density at radius 1 is 1.07 bits per heavy atom. The summed E-state index contributed by atoms with van der Waals surface area (Å²) >= 11 is 5.80. The maximum absolute atomic E-state index is 12.5. The van der Waals surface area contributed by atoms with Crippen molar-refractivity contribution in [3.05, 3.63) is 57.5 Å². The number of furan rings is 1. The van der Waals surface area contributed by atoms with Gasteiger partial charge in [-0.05, 0) is 36.6 Å². The number of Topliss-reactive ketones (excluding diaryl/α,β-unsaturated/α-hetero) is 1. The lowest BCUT2D eigenvalue weighted by molar-refractivity contribution is 0.0888. The number of carbonyl (C=O) groups is 3. The van der Waals surface area contributed by atoms with Gasteiger partial charge < -0.3 is 15.1 Å². The predicted octanol–water partition coefficient (Wildman–Crippen LogP) is 3.56. The number of amides is 2. The van der Waals surface area contributed by atoms with E-state index in [1.54, 1.807) is 31.2 Å². The lowest BCUT2D eigenvalue weighted by atomic mass is 9.76. The van der Waals surface area contributed by atoms with Crippen LogP contribution in [0.2, 0.25) is 5.02 Å². The summed E-state index contributed by atoms with van der Waals surface area (Å²) in [4.78, 5) is 36.9. The van der Waals surface area contributed by atoms with Crippen LogP contribution < -0.4 is 10.6 Å². The highest BCUT2D eigenvalue weighted by molar-refractivity contribution is 6.30. The van der Waals surface area contributed by atoms with Crippen molar-refractivity contribution in [2.24, 2.45) is 5.41 Å². The van der Waals surface area contributed by atoms with Crippen LogP contribution in [0.3, 0.4) is 0 Å². The average molecular weight is 403 g/mol. The Hall–Kier alpha value is -2.60. The third-order valence-corrected chi connectivity index (χ3v) is 5.04. The summed E-state index contributed by atoms with van der Waals surface area (Å²) in [5.41, 5.74) is 1.44. The second kappa shape index (κ2) is 7.80. The van der Waals surface area contributed by atoms with Gasteiger partial charge in [-0.25, -0.2) is 0 Å². The van der Waals surface area contributed by atoms with Crippen LogP contribution in [0.15, 0.2) is 28.7 Å². The number of ketones is 1. The van der Waals surface area contributed by atoms with Crippen molar-refractivity contribution >= 4 is 29.2 Å². The summed E-state index contributed by atoms with van der Waals surface area (Å²) < 4.78 is 5.73. The van der Waals surface area contributed by atoms with Crippen molar-refractivity contribution < 1.29 is 18.8 Å². The van der Waals surface area contributed by atoms with Gasteiger partial charge in [-0.3, -0.25) is 14.4 Å². The summed E-state index contributed by atoms with van der Waals surface area (Å²) in [5, 5.41) is 6.00. The van der Waals surface area contributed by atoms with Crippen LogP contribution in [-0.4, -0.2) is 30.7 Å². The van der Waals surface area contributed by atoms with Gasteiger partial charge in [0.2, 0.25) is 0 Å². The first kappa shape index (κ1) is 20.1. The van der Waals surface area contributed by atoms with Crippen molar-refractivity contribution in [3.8, 4) is 0 Å². The molecular formula is C21H23ClN2O4. The van der Waals surface area contributed by atoms with E-state index in [9.17, 15) is 14.4 Å². The fraction of sp³-hybridized carbons (Fsp3) is 0.381. The standard InChI is InChI=1S/C21H23ClN2O4/c1-12-17-15(25)10-21(2,3)11-16(17)28-18(12)20(27)24-9-8-23-19(26)13-4-6-14(22)7-5-13/h4-7H,8-11H2,1-3H3,(H,23,26)(H,24,27). The van der Waals surface area contributed by atoms with Gasteiger partial charge in [0.25, 0.3) is 11.8 Å². The molecule has 0 atom stereocenters. The summed E-state index contributed by atoms with van der Waals surface area (Å²) in [6, 6.07) is 6.54. The first-order valence-corrected chi connectivity index (χ1v) is 9.53. The number of rotatable bonds is 5. The molecule has 0 saturated heterocycles. The first-order chi connectivity index (χ1) is 13.2. The molecule has 1 aromatic carbocycles. The van der Waals surface area contributed by atoms with Crippen LogP contribution in [0.25, 0.3) is 0 Å². The molecule has 0 unspecified atom stereocenters. The van der Waals surface area contributed by atoms with Crippen LogP contribution in [0.4, 0.5) is 0 Å². The number of benzene rings is 1. The molecule has 1 heterocycles. The maximum Gasteiger partial charge on any atom is 0.287 e. The van der Waals surface area contributed by atoms with Crippen molar-refractivity contribution in [2.45, 2.75) is 33.6 Å². The van der Waals surface area contributed by atoms with E-state index in [1.807, 2.05) is 13.8 Å². The topological polar surface area (TPSA) is 88.4 Å². The molecule has 1 aromatic heterocycles. The second-order valence-corrected chi connectivity index (χ2v) is 8.25. The van der Waals surface area contributed by atoms with E-state index >= 15 is 0 Å². The number of carbonyl (C=O) groups excluding carboxylic acids is 3. The monoisotopic (exact) mass is 402 g/mol. The minimum atomic E-state index is -0.391. The Kier molecular flexibility index (Phi) is 5.61. The van der Waals surface area contributed by atoms with E-state index in [-0.39, 0.29) is 36.0 Å². The summed E-state index contributed by atoms with van der Waals surface area (Å²) in [5.74, 6) is 0.128. The number of hydrogen-bond acceptors (Lipinski definition) is 4. The minimum Gasteiger partial charge on any atom is -0.455 e. The average Bonchev–Trinajstić information content (AvgIpc) is 2.94. The normalized spacial score (nSPS) is 15.1. The molecule has 148 valence electrons. The van der Waals surface area contributed by atoms with Crippen LogP contribution in [0.1, 0.15) is 62.9 Å². The van der Waals surface area contributed by atoms with Crippen LogP contribution >= 0.6 is 11.6 Å². The molecular weight excluding hydrogens is 380 g/mol. The molecule has 0 radical (unpaired) electrons. The zero-order valence-corrected chi connectivity index (χ0v) is 16.9. The van der Waals surface area contributed by atoms with E-state index in [2.05, 4.69) is 10.6 Å². The molecule has 3 rings (SSSR count). The predicted molar refractivity (Wildman–Crippen MR) is 106 cm³/mol. The Bertz CT molecular complexity index is 929. The molecule has 2 aromatic rings. The van der Waals surface area contributed by atoms with Crippen LogP contribution in [-0.2, 0) is 6.42 Å². The highest BCUT2D eigenvalue weighted by Crippen LogP contribution is 2.38. The quantitative estimate of drug-likeness (QED) is 0.748. The van der Waals surface area contributed by atoms with Gasteiger partial charge in [-0.2, -0.15) is 0 Å². The smallest absolute Gasteiger partial charge is 0.287 e. The van der Waals surface area contributed by atoms with Crippen molar-refractivity contribution in [1.29, 1.82) is 0 Å². The Morgan fingerprint density at radius 2 is 1.68 bits per heavy atom. The van der Waals surface area contributed by atoms with E-state index in [4.69, 9.17) is 16.0 Å². The summed E-state index contributed by atoms with van der Waals surface area (Å²) in [7, 11) is 0. The largest absolute Gasteiger partial charge is 0.455 e. The van der Waals surface area contributed by atoms with Gasteiger partial charge in [0.15, 0.2) is 11.5 Å². The molecule has 1 aliphatic rings. The van der Waals surface area contributed by atoms with E-state index in [1.165, 1.54) is 0 Å². The number of halogens is 1. The zero-order chi connectivity index (χ0) is 20.5. The molecule has 6 nitrogen and oxygen atoms in total. The molecule has 0 saturated carbocycles. The van der Waals surface area contributed by atoms with E-state index < -0.39 is 5.91 Å². The maximum atomic E-state index is 12.5.